The van der Waals surface area contributed by atoms with Crippen molar-refractivity contribution in [1.82, 2.24) is 9.80 Å². The van der Waals surface area contributed by atoms with Crippen molar-refractivity contribution in [2.75, 3.05) is 45.1 Å². The maximum absolute atomic E-state index is 6.15. The Morgan fingerprint density at radius 2 is 1.96 bits per heavy atom. The van der Waals surface area contributed by atoms with Gasteiger partial charge in [0.15, 0.2) is 5.96 Å². The summed E-state index contributed by atoms with van der Waals surface area (Å²) in [5.74, 6) is 0.537. The van der Waals surface area contributed by atoms with Gasteiger partial charge in [0.2, 0.25) is 0 Å². The van der Waals surface area contributed by atoms with Crippen LogP contribution in [0.15, 0.2) is 23.2 Å². The fourth-order valence-corrected chi connectivity index (χ4v) is 3.68. The van der Waals surface area contributed by atoms with E-state index in [-0.39, 0.29) is 0 Å². The maximum atomic E-state index is 6.15. The van der Waals surface area contributed by atoms with Crippen LogP contribution in [-0.2, 0) is 12.8 Å². The monoisotopic (exact) mass is 329 g/mol. The summed E-state index contributed by atoms with van der Waals surface area (Å²) < 4.78 is 0. The lowest BCUT2D eigenvalue weighted by atomic mass is 9.90. The van der Waals surface area contributed by atoms with E-state index in [0.717, 1.165) is 44.8 Å². The van der Waals surface area contributed by atoms with Gasteiger partial charge in [0.1, 0.15) is 0 Å². The number of rotatable bonds is 4. The lowest BCUT2D eigenvalue weighted by Gasteiger charge is -2.35. The molecule has 2 aliphatic rings. The van der Waals surface area contributed by atoms with Gasteiger partial charge in [-0.05, 0) is 56.8 Å². The van der Waals surface area contributed by atoms with Crippen molar-refractivity contribution in [3.8, 4) is 0 Å². The highest BCUT2D eigenvalue weighted by atomic mass is 15.3. The smallest absolute Gasteiger partial charge is 0.193 e. The summed E-state index contributed by atoms with van der Waals surface area (Å²) in [7, 11) is 2.18. The second kappa shape index (κ2) is 7.99. The standard InChI is InChI=1S/C19H31N5/c1-15(24-12-10-23(2)11-13-24)14-21-19(20)22-18-9-5-7-16-6-3-4-8-17(16)18/h5,7,9,15H,3-4,6,8,10-14H2,1-2H3,(H3,20,21,22). The number of nitrogens with one attached hydrogen (secondary N) is 1. The zero-order chi connectivity index (χ0) is 16.9. The number of nitrogens with two attached hydrogens (primary N) is 1. The van der Waals surface area contributed by atoms with Crippen molar-refractivity contribution in [2.45, 2.75) is 38.6 Å². The van der Waals surface area contributed by atoms with E-state index in [4.69, 9.17) is 5.73 Å². The van der Waals surface area contributed by atoms with Crippen LogP contribution in [0.4, 0.5) is 5.69 Å². The van der Waals surface area contributed by atoms with E-state index in [9.17, 15) is 0 Å². The molecule has 1 aliphatic carbocycles. The minimum Gasteiger partial charge on any atom is -0.370 e. The summed E-state index contributed by atoms with van der Waals surface area (Å²) in [6, 6.07) is 6.91. The molecule has 1 heterocycles. The van der Waals surface area contributed by atoms with Gasteiger partial charge in [0.25, 0.3) is 0 Å². The Morgan fingerprint density at radius 1 is 1.21 bits per heavy atom. The van der Waals surface area contributed by atoms with Gasteiger partial charge in [-0.1, -0.05) is 12.1 Å². The van der Waals surface area contributed by atoms with Crippen molar-refractivity contribution >= 4 is 11.6 Å². The number of anilines is 1. The number of piperazine rings is 1. The first-order valence-electron chi connectivity index (χ1n) is 9.24. The lowest BCUT2D eigenvalue weighted by Crippen LogP contribution is -2.49. The van der Waals surface area contributed by atoms with E-state index in [1.165, 1.54) is 30.4 Å². The van der Waals surface area contributed by atoms with Crippen LogP contribution >= 0.6 is 0 Å². The van der Waals surface area contributed by atoms with Gasteiger partial charge in [-0.2, -0.15) is 0 Å². The molecule has 1 unspecified atom stereocenters. The average molecular weight is 329 g/mol. The molecule has 1 aromatic carbocycles. The van der Waals surface area contributed by atoms with E-state index in [0.29, 0.717) is 12.0 Å². The molecular weight excluding hydrogens is 298 g/mol. The van der Waals surface area contributed by atoms with Crippen molar-refractivity contribution in [1.29, 1.82) is 0 Å². The Morgan fingerprint density at radius 3 is 2.75 bits per heavy atom. The molecule has 1 saturated heterocycles. The van der Waals surface area contributed by atoms with Gasteiger partial charge in [-0.15, -0.1) is 0 Å². The molecule has 0 saturated carbocycles. The Labute approximate surface area is 145 Å². The third kappa shape index (κ3) is 4.28. The van der Waals surface area contributed by atoms with Crippen LogP contribution in [0.25, 0.3) is 0 Å². The maximum Gasteiger partial charge on any atom is 0.193 e. The Kier molecular flexibility index (Phi) is 5.74. The Hall–Kier alpha value is -1.59. The average Bonchev–Trinajstić information content (AvgIpc) is 2.61. The molecule has 0 radical (unpaired) electrons. The van der Waals surface area contributed by atoms with E-state index >= 15 is 0 Å². The molecule has 1 aliphatic heterocycles. The van der Waals surface area contributed by atoms with Crippen LogP contribution in [0.3, 0.4) is 0 Å². The topological polar surface area (TPSA) is 56.9 Å². The quantitative estimate of drug-likeness (QED) is 0.655. The first-order chi connectivity index (χ1) is 11.6. The fraction of sp³-hybridized carbons (Fsp3) is 0.632. The molecule has 3 N–H and O–H groups in total. The predicted octanol–water partition coefficient (Wildman–Crippen LogP) is 1.93. The number of fused-ring (bicyclic) bond motifs is 1. The van der Waals surface area contributed by atoms with Crippen molar-refractivity contribution in [3.63, 3.8) is 0 Å². The molecule has 0 bridgehead atoms. The number of hydrogen-bond donors (Lipinski definition) is 2. The molecule has 1 aromatic rings. The summed E-state index contributed by atoms with van der Waals surface area (Å²) in [5, 5.41) is 3.34. The van der Waals surface area contributed by atoms with E-state index in [2.05, 4.69) is 52.3 Å². The summed E-state index contributed by atoms with van der Waals surface area (Å²) in [6.07, 6.45) is 4.89. The molecule has 24 heavy (non-hydrogen) atoms. The molecule has 132 valence electrons. The van der Waals surface area contributed by atoms with Crippen LogP contribution < -0.4 is 11.1 Å². The van der Waals surface area contributed by atoms with Crippen molar-refractivity contribution in [2.24, 2.45) is 10.7 Å². The normalized spacial score (nSPS) is 21.3. The van der Waals surface area contributed by atoms with Crippen LogP contribution in [0.2, 0.25) is 0 Å². The number of aryl methyl sites for hydroxylation is 1. The molecule has 0 spiro atoms. The second-order valence-electron chi connectivity index (χ2n) is 7.19. The van der Waals surface area contributed by atoms with Crippen molar-refractivity contribution < 1.29 is 0 Å². The zero-order valence-electron chi connectivity index (χ0n) is 15.1. The molecule has 1 atom stereocenters. The minimum absolute atomic E-state index is 0.434. The number of benzene rings is 1. The van der Waals surface area contributed by atoms with Gasteiger partial charge in [-0.25, -0.2) is 0 Å². The third-order valence-electron chi connectivity index (χ3n) is 5.35. The molecule has 3 rings (SSSR count). The van der Waals surface area contributed by atoms with Gasteiger partial charge in [0.05, 0.1) is 6.54 Å². The summed E-state index contributed by atoms with van der Waals surface area (Å²) in [6.45, 7) is 7.50. The van der Waals surface area contributed by atoms with Crippen LogP contribution in [0, 0.1) is 0 Å². The Bertz CT molecular complexity index is 575. The highest BCUT2D eigenvalue weighted by Gasteiger charge is 2.19. The van der Waals surface area contributed by atoms with E-state index in [1.807, 2.05) is 0 Å². The van der Waals surface area contributed by atoms with Crippen LogP contribution in [0.1, 0.15) is 30.9 Å². The van der Waals surface area contributed by atoms with Crippen LogP contribution in [0.5, 0.6) is 0 Å². The zero-order valence-corrected chi connectivity index (χ0v) is 15.1. The SMILES string of the molecule is CC(CN=C(N)Nc1cccc2c1CCCC2)N1CCN(C)CC1. The summed E-state index contributed by atoms with van der Waals surface area (Å²) in [4.78, 5) is 9.47. The van der Waals surface area contributed by atoms with E-state index in [1.54, 1.807) is 0 Å². The number of nitrogens with zero attached hydrogens (tertiary/aromatic N) is 3. The predicted molar refractivity (Wildman–Crippen MR) is 102 cm³/mol. The minimum atomic E-state index is 0.434. The van der Waals surface area contributed by atoms with Gasteiger partial charge in [-0.3, -0.25) is 9.89 Å². The largest absolute Gasteiger partial charge is 0.370 e. The Balaban J connectivity index is 1.57. The first-order valence-corrected chi connectivity index (χ1v) is 9.24. The summed E-state index contributed by atoms with van der Waals surface area (Å²) in [5.41, 5.74) is 10.2. The molecule has 1 fully saturated rings. The van der Waals surface area contributed by atoms with Gasteiger partial charge < -0.3 is 16.0 Å². The van der Waals surface area contributed by atoms with Gasteiger partial charge >= 0.3 is 0 Å². The van der Waals surface area contributed by atoms with Crippen LogP contribution in [-0.4, -0.2) is 61.6 Å². The first kappa shape index (κ1) is 17.2. The van der Waals surface area contributed by atoms with Crippen molar-refractivity contribution in [3.05, 3.63) is 29.3 Å². The fourth-order valence-electron chi connectivity index (χ4n) is 3.68. The van der Waals surface area contributed by atoms with Gasteiger partial charge in [0, 0.05) is 37.9 Å². The lowest BCUT2D eigenvalue weighted by molar-refractivity contribution is 0.122. The molecule has 5 heteroatoms. The second-order valence-corrected chi connectivity index (χ2v) is 7.19. The number of hydrogen-bond acceptors (Lipinski definition) is 3. The molecule has 0 aromatic heterocycles. The molecule has 5 nitrogen and oxygen atoms in total. The summed E-state index contributed by atoms with van der Waals surface area (Å²) >= 11 is 0. The number of aliphatic imine (C=N–C) groups is 1. The number of guanidine groups is 1. The molecule has 0 amide bonds. The highest BCUT2D eigenvalue weighted by molar-refractivity contribution is 5.93. The highest BCUT2D eigenvalue weighted by Crippen LogP contribution is 2.27. The third-order valence-corrected chi connectivity index (χ3v) is 5.35. The number of likely N-dealkylation sites (N-methyl/N-ethyl adjacent to an activating group) is 1. The molecular formula is C19H31N5. The van der Waals surface area contributed by atoms with E-state index < -0.39 is 0 Å².